The number of rotatable bonds is 1. The van der Waals surface area contributed by atoms with Crippen LogP contribution in [0.3, 0.4) is 0 Å². The molecule has 1 amide bonds. The summed E-state index contributed by atoms with van der Waals surface area (Å²) in [5.74, 6) is 0.225. The van der Waals surface area contributed by atoms with Crippen molar-refractivity contribution in [1.29, 1.82) is 0 Å². The number of nitrogens with one attached hydrogen (secondary N) is 1. The molecule has 0 aromatic heterocycles. The molecule has 3 rings (SSSR count). The summed E-state index contributed by atoms with van der Waals surface area (Å²) in [4.78, 5) is 14.4. The Morgan fingerprint density at radius 3 is 2.88 bits per heavy atom. The highest BCUT2D eigenvalue weighted by Crippen LogP contribution is 2.21. The highest BCUT2D eigenvalue weighted by Gasteiger charge is 2.23. The Hall–Kier alpha value is -1.35. The molecule has 90 valence electrons. The second-order valence-electron chi connectivity index (χ2n) is 4.87. The van der Waals surface area contributed by atoms with Gasteiger partial charge in [-0.15, -0.1) is 0 Å². The number of fused-ring (bicyclic) bond motifs is 1. The largest absolute Gasteiger partial charge is 0.339 e. The van der Waals surface area contributed by atoms with Crippen LogP contribution in [0.25, 0.3) is 0 Å². The van der Waals surface area contributed by atoms with E-state index in [1.807, 2.05) is 17.0 Å². The molecule has 1 fully saturated rings. The summed E-state index contributed by atoms with van der Waals surface area (Å²) < 4.78 is 0. The molecule has 0 saturated carbocycles. The van der Waals surface area contributed by atoms with Crippen molar-refractivity contribution in [3.8, 4) is 0 Å². The van der Waals surface area contributed by atoms with Crippen molar-refractivity contribution in [2.45, 2.75) is 25.8 Å². The first-order valence-electron chi connectivity index (χ1n) is 6.47. The van der Waals surface area contributed by atoms with Crippen LogP contribution >= 0.6 is 0 Å². The van der Waals surface area contributed by atoms with Crippen LogP contribution in [0.1, 0.15) is 34.3 Å². The predicted octanol–water partition coefficient (Wildman–Crippen LogP) is 1.57. The molecule has 2 aliphatic rings. The lowest BCUT2D eigenvalue weighted by molar-refractivity contribution is 0.0791. The fourth-order valence-corrected chi connectivity index (χ4v) is 2.81. The Bertz CT molecular complexity index is 436. The molecule has 0 unspecified atom stereocenters. The summed E-state index contributed by atoms with van der Waals surface area (Å²) in [7, 11) is 0. The van der Waals surface area contributed by atoms with Gasteiger partial charge in [0.1, 0.15) is 0 Å². The minimum Gasteiger partial charge on any atom is -0.339 e. The number of benzene rings is 1. The Morgan fingerprint density at radius 2 is 2.06 bits per heavy atom. The van der Waals surface area contributed by atoms with Gasteiger partial charge in [0.05, 0.1) is 0 Å². The van der Waals surface area contributed by atoms with Crippen molar-refractivity contribution in [2.75, 3.05) is 19.6 Å². The average Bonchev–Trinajstić information content (AvgIpc) is 2.91. The predicted molar refractivity (Wildman–Crippen MR) is 67.0 cm³/mol. The van der Waals surface area contributed by atoms with Gasteiger partial charge in [0.2, 0.25) is 0 Å². The molecule has 3 nitrogen and oxygen atoms in total. The Balaban J connectivity index is 1.94. The van der Waals surface area contributed by atoms with Crippen molar-refractivity contribution in [3.05, 3.63) is 34.9 Å². The molecule has 0 aliphatic carbocycles. The lowest BCUT2D eigenvalue weighted by atomic mass is 9.95. The maximum atomic E-state index is 12.4. The number of carbonyl (C=O) groups is 1. The van der Waals surface area contributed by atoms with Crippen molar-refractivity contribution >= 4 is 5.91 Å². The third kappa shape index (κ3) is 1.95. The smallest absolute Gasteiger partial charge is 0.254 e. The SMILES string of the molecule is O=C(c1cccc2c1CNCC2)N1CCCC1. The molecule has 1 aromatic rings. The van der Waals surface area contributed by atoms with Gasteiger partial charge < -0.3 is 10.2 Å². The molecule has 1 aromatic carbocycles. The van der Waals surface area contributed by atoms with Crippen LogP contribution < -0.4 is 5.32 Å². The first-order valence-corrected chi connectivity index (χ1v) is 6.47. The van der Waals surface area contributed by atoms with Crippen molar-refractivity contribution in [3.63, 3.8) is 0 Å². The third-order valence-electron chi connectivity index (χ3n) is 3.77. The van der Waals surface area contributed by atoms with Gasteiger partial charge in [0.15, 0.2) is 0 Å². The van der Waals surface area contributed by atoms with Gasteiger partial charge in [-0.2, -0.15) is 0 Å². The summed E-state index contributed by atoms with van der Waals surface area (Å²) in [5.41, 5.74) is 3.47. The van der Waals surface area contributed by atoms with Gasteiger partial charge >= 0.3 is 0 Å². The maximum absolute atomic E-state index is 12.4. The van der Waals surface area contributed by atoms with E-state index in [4.69, 9.17) is 0 Å². The van der Waals surface area contributed by atoms with Gasteiger partial charge in [-0.3, -0.25) is 4.79 Å². The second-order valence-corrected chi connectivity index (χ2v) is 4.87. The Labute approximate surface area is 102 Å². The van der Waals surface area contributed by atoms with Crippen molar-refractivity contribution < 1.29 is 4.79 Å². The van der Waals surface area contributed by atoms with Gasteiger partial charge in [-0.25, -0.2) is 0 Å². The lowest BCUT2D eigenvalue weighted by Gasteiger charge is -2.22. The quantitative estimate of drug-likeness (QED) is 0.794. The summed E-state index contributed by atoms with van der Waals surface area (Å²) in [6, 6.07) is 6.15. The van der Waals surface area contributed by atoms with E-state index in [1.165, 1.54) is 11.1 Å². The van der Waals surface area contributed by atoms with Crippen LogP contribution in [0.4, 0.5) is 0 Å². The van der Waals surface area contributed by atoms with E-state index in [1.54, 1.807) is 0 Å². The molecule has 1 N–H and O–H groups in total. The zero-order valence-electron chi connectivity index (χ0n) is 10.0. The van der Waals surface area contributed by atoms with Crippen LogP contribution in [-0.4, -0.2) is 30.4 Å². The number of hydrogen-bond donors (Lipinski definition) is 1. The highest BCUT2D eigenvalue weighted by molar-refractivity contribution is 5.96. The Kier molecular flexibility index (Phi) is 2.85. The van der Waals surface area contributed by atoms with Crippen LogP contribution in [-0.2, 0) is 13.0 Å². The molecular weight excluding hydrogens is 212 g/mol. The topological polar surface area (TPSA) is 32.3 Å². The Morgan fingerprint density at radius 1 is 1.24 bits per heavy atom. The summed E-state index contributed by atoms with van der Waals surface area (Å²) in [6.45, 7) is 3.71. The third-order valence-corrected chi connectivity index (χ3v) is 3.77. The van der Waals surface area contributed by atoms with E-state index >= 15 is 0 Å². The fraction of sp³-hybridized carbons (Fsp3) is 0.500. The van der Waals surface area contributed by atoms with E-state index in [0.29, 0.717) is 0 Å². The molecule has 17 heavy (non-hydrogen) atoms. The van der Waals surface area contributed by atoms with Crippen molar-refractivity contribution in [1.82, 2.24) is 10.2 Å². The van der Waals surface area contributed by atoms with Crippen molar-refractivity contribution in [2.24, 2.45) is 0 Å². The molecule has 0 bridgehead atoms. The van der Waals surface area contributed by atoms with Gasteiger partial charge in [0.25, 0.3) is 5.91 Å². The highest BCUT2D eigenvalue weighted by atomic mass is 16.2. The monoisotopic (exact) mass is 230 g/mol. The van der Waals surface area contributed by atoms with E-state index in [0.717, 1.165) is 51.0 Å². The minimum absolute atomic E-state index is 0.225. The first kappa shape index (κ1) is 10.8. The fourth-order valence-electron chi connectivity index (χ4n) is 2.81. The van der Waals surface area contributed by atoms with E-state index in [9.17, 15) is 4.79 Å². The molecule has 2 aliphatic heterocycles. The van der Waals surface area contributed by atoms with Crippen LogP contribution in [0.5, 0.6) is 0 Å². The molecule has 1 saturated heterocycles. The summed E-state index contributed by atoms with van der Waals surface area (Å²) >= 11 is 0. The number of likely N-dealkylation sites (tertiary alicyclic amines) is 1. The standard InChI is InChI=1S/C14H18N2O/c17-14(16-8-1-2-9-16)12-5-3-4-11-6-7-15-10-13(11)12/h3-5,15H,1-2,6-10H2. The normalized spacial score (nSPS) is 19.2. The number of hydrogen-bond acceptors (Lipinski definition) is 2. The van der Waals surface area contributed by atoms with Gasteiger partial charge in [-0.1, -0.05) is 12.1 Å². The van der Waals surface area contributed by atoms with Crippen LogP contribution in [0.15, 0.2) is 18.2 Å². The van der Waals surface area contributed by atoms with E-state index in [-0.39, 0.29) is 5.91 Å². The van der Waals surface area contributed by atoms with E-state index in [2.05, 4.69) is 11.4 Å². The molecular formula is C14H18N2O. The summed E-state index contributed by atoms with van der Waals surface area (Å²) in [6.07, 6.45) is 3.34. The zero-order chi connectivity index (χ0) is 11.7. The molecule has 3 heteroatoms. The zero-order valence-corrected chi connectivity index (χ0v) is 10.0. The summed E-state index contributed by atoms with van der Waals surface area (Å²) in [5, 5.41) is 3.36. The number of carbonyl (C=O) groups excluding carboxylic acids is 1. The van der Waals surface area contributed by atoms with Crippen LogP contribution in [0, 0.1) is 0 Å². The molecule has 2 heterocycles. The number of amides is 1. The maximum Gasteiger partial charge on any atom is 0.254 e. The minimum atomic E-state index is 0.225. The average molecular weight is 230 g/mol. The molecule has 0 radical (unpaired) electrons. The number of nitrogens with zero attached hydrogens (tertiary/aromatic N) is 1. The van der Waals surface area contributed by atoms with Gasteiger partial charge in [0, 0.05) is 25.2 Å². The molecule has 0 atom stereocenters. The van der Waals surface area contributed by atoms with Gasteiger partial charge in [-0.05, 0) is 43.0 Å². The lowest BCUT2D eigenvalue weighted by Crippen LogP contribution is -2.31. The second kappa shape index (κ2) is 4.49. The molecule has 0 spiro atoms. The first-order chi connectivity index (χ1) is 8.36. The van der Waals surface area contributed by atoms with Crippen LogP contribution in [0.2, 0.25) is 0 Å². The van der Waals surface area contributed by atoms with E-state index < -0.39 is 0 Å².